The van der Waals surface area contributed by atoms with Crippen LogP contribution in [0.4, 0.5) is 0 Å². The lowest BCUT2D eigenvalue weighted by molar-refractivity contribution is 0.824. The molecule has 0 spiro atoms. The van der Waals surface area contributed by atoms with Crippen LogP contribution in [0, 0.1) is 4.77 Å². The minimum atomic E-state index is -0.156. The molecule has 15 heavy (non-hydrogen) atoms. The summed E-state index contributed by atoms with van der Waals surface area (Å²) in [6.07, 6.45) is 0. The van der Waals surface area contributed by atoms with E-state index in [4.69, 9.17) is 23.8 Å². The molecule has 2 aromatic rings. The SMILES string of the molecule is Cn1c(=S)[nH]c2c(Cl)cc(Br)cc2c1=O. The summed E-state index contributed by atoms with van der Waals surface area (Å²) in [6.45, 7) is 0. The number of nitrogens with zero attached hydrogens (tertiary/aromatic N) is 1. The van der Waals surface area contributed by atoms with Gasteiger partial charge in [0.2, 0.25) is 0 Å². The Morgan fingerprint density at radius 3 is 2.87 bits per heavy atom. The van der Waals surface area contributed by atoms with Crippen molar-refractivity contribution in [3.63, 3.8) is 0 Å². The zero-order valence-corrected chi connectivity index (χ0v) is 10.8. The predicted molar refractivity (Wildman–Crippen MR) is 67.1 cm³/mol. The van der Waals surface area contributed by atoms with Gasteiger partial charge < -0.3 is 4.98 Å². The second kappa shape index (κ2) is 3.73. The van der Waals surface area contributed by atoms with Crippen molar-refractivity contribution in [2.45, 2.75) is 0 Å². The molecule has 0 unspecified atom stereocenters. The molecule has 0 radical (unpaired) electrons. The maximum absolute atomic E-state index is 11.9. The van der Waals surface area contributed by atoms with Crippen LogP contribution in [0.15, 0.2) is 21.4 Å². The summed E-state index contributed by atoms with van der Waals surface area (Å²) in [5.41, 5.74) is 0.421. The molecule has 1 N–H and O–H groups in total. The van der Waals surface area contributed by atoms with Gasteiger partial charge in [-0.3, -0.25) is 9.36 Å². The Balaban J connectivity index is 3.13. The number of fused-ring (bicyclic) bond motifs is 1. The van der Waals surface area contributed by atoms with Crippen molar-refractivity contribution in [1.82, 2.24) is 9.55 Å². The molecular formula is C9H6BrClN2OS. The Morgan fingerprint density at radius 1 is 1.53 bits per heavy atom. The number of hydrogen-bond acceptors (Lipinski definition) is 2. The quantitative estimate of drug-likeness (QED) is 0.760. The van der Waals surface area contributed by atoms with Gasteiger partial charge in [0.15, 0.2) is 4.77 Å². The summed E-state index contributed by atoms with van der Waals surface area (Å²) < 4.78 is 2.50. The van der Waals surface area contributed by atoms with E-state index in [2.05, 4.69) is 20.9 Å². The molecule has 0 aliphatic heterocycles. The summed E-state index contributed by atoms with van der Waals surface area (Å²) in [5, 5.41) is 0.994. The molecule has 0 saturated heterocycles. The zero-order valence-electron chi connectivity index (χ0n) is 7.67. The van der Waals surface area contributed by atoms with Crippen molar-refractivity contribution in [2.75, 3.05) is 0 Å². The number of benzene rings is 1. The van der Waals surface area contributed by atoms with Gasteiger partial charge in [0.1, 0.15) is 0 Å². The normalized spacial score (nSPS) is 10.9. The molecule has 0 saturated carbocycles. The highest BCUT2D eigenvalue weighted by Crippen LogP contribution is 2.24. The molecule has 0 aliphatic carbocycles. The first-order valence-corrected chi connectivity index (χ1v) is 5.66. The summed E-state index contributed by atoms with van der Waals surface area (Å²) >= 11 is 14.3. The second-order valence-electron chi connectivity index (χ2n) is 3.10. The number of aromatic nitrogens is 2. The van der Waals surface area contributed by atoms with Gasteiger partial charge in [0.05, 0.1) is 15.9 Å². The van der Waals surface area contributed by atoms with Gasteiger partial charge in [-0.2, -0.15) is 0 Å². The average molecular weight is 306 g/mol. The van der Waals surface area contributed by atoms with E-state index in [1.807, 2.05) is 0 Å². The van der Waals surface area contributed by atoms with E-state index in [0.29, 0.717) is 20.7 Å². The van der Waals surface area contributed by atoms with Crippen LogP contribution in [0.5, 0.6) is 0 Å². The summed E-state index contributed by atoms with van der Waals surface area (Å²) in [5.74, 6) is 0. The Hall–Kier alpha value is -0.650. The highest BCUT2D eigenvalue weighted by Gasteiger charge is 2.07. The monoisotopic (exact) mass is 304 g/mol. The van der Waals surface area contributed by atoms with Crippen LogP contribution >= 0.6 is 39.7 Å². The maximum Gasteiger partial charge on any atom is 0.261 e. The average Bonchev–Trinajstić information content (AvgIpc) is 2.17. The molecule has 0 amide bonds. The lowest BCUT2D eigenvalue weighted by Gasteiger charge is -2.04. The van der Waals surface area contributed by atoms with Gasteiger partial charge in [0.25, 0.3) is 5.56 Å². The molecular weight excluding hydrogens is 300 g/mol. The Kier molecular flexibility index (Phi) is 2.70. The first kappa shape index (κ1) is 10.9. The summed E-state index contributed by atoms with van der Waals surface area (Å²) in [6, 6.07) is 3.43. The molecule has 1 aromatic heterocycles. The van der Waals surface area contributed by atoms with E-state index in [1.54, 1.807) is 19.2 Å². The topological polar surface area (TPSA) is 37.8 Å². The Morgan fingerprint density at radius 2 is 2.20 bits per heavy atom. The Bertz CT molecular complexity index is 661. The highest BCUT2D eigenvalue weighted by molar-refractivity contribution is 9.10. The van der Waals surface area contributed by atoms with E-state index in [9.17, 15) is 4.79 Å². The van der Waals surface area contributed by atoms with Crippen molar-refractivity contribution in [3.8, 4) is 0 Å². The van der Waals surface area contributed by atoms with E-state index in [0.717, 1.165) is 4.47 Å². The van der Waals surface area contributed by atoms with E-state index >= 15 is 0 Å². The van der Waals surface area contributed by atoms with Crippen LogP contribution in [-0.2, 0) is 7.05 Å². The van der Waals surface area contributed by atoms with Crippen molar-refractivity contribution in [3.05, 3.63) is 36.8 Å². The number of halogens is 2. The van der Waals surface area contributed by atoms with E-state index in [1.165, 1.54) is 4.57 Å². The first-order valence-electron chi connectivity index (χ1n) is 4.09. The van der Waals surface area contributed by atoms with Gasteiger partial charge in [-0.05, 0) is 24.4 Å². The molecule has 6 heteroatoms. The van der Waals surface area contributed by atoms with Gasteiger partial charge in [-0.25, -0.2) is 0 Å². The summed E-state index contributed by atoms with van der Waals surface area (Å²) in [7, 11) is 1.62. The molecule has 0 atom stereocenters. The second-order valence-corrected chi connectivity index (χ2v) is 4.81. The fraction of sp³-hybridized carbons (Fsp3) is 0.111. The van der Waals surface area contributed by atoms with Gasteiger partial charge in [0, 0.05) is 11.5 Å². The van der Waals surface area contributed by atoms with Crippen molar-refractivity contribution >= 4 is 50.7 Å². The zero-order chi connectivity index (χ0) is 11.2. The molecule has 1 aromatic carbocycles. The third-order valence-electron chi connectivity index (χ3n) is 2.13. The molecule has 0 bridgehead atoms. The van der Waals surface area contributed by atoms with Crippen LogP contribution in [0.3, 0.4) is 0 Å². The van der Waals surface area contributed by atoms with Crippen molar-refractivity contribution < 1.29 is 0 Å². The van der Waals surface area contributed by atoms with Gasteiger partial charge in [-0.15, -0.1) is 0 Å². The third-order valence-corrected chi connectivity index (χ3v) is 3.26. The molecule has 1 heterocycles. The number of aromatic amines is 1. The van der Waals surface area contributed by atoms with E-state index < -0.39 is 0 Å². The third kappa shape index (κ3) is 1.75. The number of hydrogen-bond donors (Lipinski definition) is 1. The maximum atomic E-state index is 11.9. The fourth-order valence-corrected chi connectivity index (χ4v) is 2.37. The first-order chi connectivity index (χ1) is 7.00. The van der Waals surface area contributed by atoms with Crippen LogP contribution in [0.2, 0.25) is 5.02 Å². The predicted octanol–water partition coefficient (Wildman–Crippen LogP) is 3.01. The minimum absolute atomic E-state index is 0.156. The summed E-state index contributed by atoms with van der Waals surface area (Å²) in [4.78, 5) is 14.8. The van der Waals surface area contributed by atoms with Crippen molar-refractivity contribution in [2.24, 2.45) is 7.05 Å². The standard InChI is InChI=1S/C9H6BrClN2OS/c1-13-8(14)5-2-4(10)3-6(11)7(5)12-9(13)15/h2-3H,1H3,(H,12,15). The molecule has 0 aliphatic rings. The van der Waals surface area contributed by atoms with Crippen LogP contribution < -0.4 is 5.56 Å². The van der Waals surface area contributed by atoms with Crippen LogP contribution in [0.1, 0.15) is 0 Å². The number of nitrogens with one attached hydrogen (secondary N) is 1. The molecule has 78 valence electrons. The highest BCUT2D eigenvalue weighted by atomic mass is 79.9. The largest absolute Gasteiger partial charge is 0.330 e. The molecule has 2 rings (SSSR count). The van der Waals surface area contributed by atoms with Crippen molar-refractivity contribution in [1.29, 1.82) is 0 Å². The number of H-pyrrole nitrogens is 1. The van der Waals surface area contributed by atoms with Crippen LogP contribution in [0.25, 0.3) is 10.9 Å². The van der Waals surface area contributed by atoms with Gasteiger partial charge in [-0.1, -0.05) is 27.5 Å². The molecule has 0 fully saturated rings. The Labute approximate surface area is 104 Å². The number of rotatable bonds is 0. The minimum Gasteiger partial charge on any atom is -0.330 e. The van der Waals surface area contributed by atoms with E-state index in [-0.39, 0.29) is 5.56 Å². The lowest BCUT2D eigenvalue weighted by Crippen LogP contribution is -2.18. The van der Waals surface area contributed by atoms with Gasteiger partial charge >= 0.3 is 0 Å². The molecule has 3 nitrogen and oxygen atoms in total. The smallest absolute Gasteiger partial charge is 0.261 e. The lowest BCUT2D eigenvalue weighted by atomic mass is 10.2. The van der Waals surface area contributed by atoms with Crippen LogP contribution in [-0.4, -0.2) is 9.55 Å². The fourth-order valence-electron chi connectivity index (χ4n) is 1.33.